The second-order valence-electron chi connectivity index (χ2n) is 7.75. The molecule has 6 nitrogen and oxygen atoms in total. The molecule has 0 bridgehead atoms. The number of hydrogen-bond donors (Lipinski definition) is 1. The number of aromatic nitrogens is 2. The highest BCUT2D eigenvalue weighted by molar-refractivity contribution is 5.93. The van der Waals surface area contributed by atoms with E-state index in [0.717, 1.165) is 60.9 Å². The number of hydrogen-bond acceptors (Lipinski definition) is 5. The van der Waals surface area contributed by atoms with Crippen LogP contribution in [0.5, 0.6) is 5.75 Å². The number of carbonyl (C=O) groups is 1. The molecule has 0 atom stereocenters. The SMILES string of the molecule is CCc1ccccc1NC(=O)C1CCN(c2cc(-c3ccc(OC)cc3)ncn2)CC1. The quantitative estimate of drug-likeness (QED) is 0.638. The summed E-state index contributed by atoms with van der Waals surface area (Å²) in [6.07, 6.45) is 4.12. The summed E-state index contributed by atoms with van der Waals surface area (Å²) in [4.78, 5) is 23.9. The highest BCUT2D eigenvalue weighted by Crippen LogP contribution is 2.27. The third kappa shape index (κ3) is 4.85. The molecular weight excluding hydrogens is 388 g/mol. The van der Waals surface area contributed by atoms with Gasteiger partial charge in [0.1, 0.15) is 17.9 Å². The van der Waals surface area contributed by atoms with E-state index < -0.39 is 0 Å². The minimum Gasteiger partial charge on any atom is -0.497 e. The van der Waals surface area contributed by atoms with Gasteiger partial charge in [0.2, 0.25) is 5.91 Å². The summed E-state index contributed by atoms with van der Waals surface area (Å²) in [5, 5.41) is 3.13. The number of nitrogens with zero attached hydrogens (tertiary/aromatic N) is 3. The lowest BCUT2D eigenvalue weighted by Gasteiger charge is -2.32. The molecule has 1 aliphatic heterocycles. The molecule has 2 aromatic carbocycles. The number of methoxy groups -OCH3 is 1. The van der Waals surface area contributed by atoms with Crippen molar-refractivity contribution in [3.63, 3.8) is 0 Å². The molecule has 0 radical (unpaired) electrons. The van der Waals surface area contributed by atoms with Gasteiger partial charge < -0.3 is 15.0 Å². The number of para-hydroxylation sites is 1. The number of rotatable bonds is 6. The van der Waals surface area contributed by atoms with E-state index in [-0.39, 0.29) is 11.8 Å². The highest BCUT2D eigenvalue weighted by atomic mass is 16.5. The Morgan fingerprint density at radius 2 is 1.84 bits per heavy atom. The molecule has 1 saturated heterocycles. The Bertz CT molecular complexity index is 1030. The van der Waals surface area contributed by atoms with E-state index in [4.69, 9.17) is 4.74 Å². The molecule has 0 unspecified atom stereocenters. The van der Waals surface area contributed by atoms with Crippen LogP contribution in [0.3, 0.4) is 0 Å². The van der Waals surface area contributed by atoms with E-state index in [0.29, 0.717) is 0 Å². The summed E-state index contributed by atoms with van der Waals surface area (Å²) >= 11 is 0. The van der Waals surface area contributed by atoms with Gasteiger partial charge in [-0.05, 0) is 55.2 Å². The first-order valence-electron chi connectivity index (χ1n) is 10.8. The Morgan fingerprint density at radius 1 is 1.10 bits per heavy atom. The first-order chi connectivity index (χ1) is 15.2. The largest absolute Gasteiger partial charge is 0.497 e. The summed E-state index contributed by atoms with van der Waals surface area (Å²) < 4.78 is 5.23. The van der Waals surface area contributed by atoms with Gasteiger partial charge in [0.25, 0.3) is 0 Å². The maximum atomic E-state index is 12.8. The van der Waals surface area contributed by atoms with E-state index in [1.165, 1.54) is 5.56 Å². The molecule has 0 aliphatic carbocycles. The number of benzene rings is 2. The highest BCUT2D eigenvalue weighted by Gasteiger charge is 2.26. The molecule has 1 N–H and O–H groups in total. The number of amides is 1. The van der Waals surface area contributed by atoms with Crippen molar-refractivity contribution >= 4 is 17.4 Å². The lowest BCUT2D eigenvalue weighted by molar-refractivity contribution is -0.120. The van der Waals surface area contributed by atoms with Crippen LogP contribution in [0, 0.1) is 5.92 Å². The number of carbonyl (C=O) groups excluding carboxylic acids is 1. The molecule has 1 aliphatic rings. The van der Waals surface area contributed by atoms with Gasteiger partial charge >= 0.3 is 0 Å². The van der Waals surface area contributed by atoms with Crippen LogP contribution in [0.2, 0.25) is 0 Å². The van der Waals surface area contributed by atoms with Gasteiger partial charge in [0.15, 0.2) is 0 Å². The molecule has 1 amide bonds. The minimum atomic E-state index is 0.0176. The third-order valence-electron chi connectivity index (χ3n) is 5.88. The zero-order chi connectivity index (χ0) is 21.6. The van der Waals surface area contributed by atoms with Crippen LogP contribution in [0.4, 0.5) is 11.5 Å². The Labute approximate surface area is 183 Å². The van der Waals surface area contributed by atoms with Crippen molar-refractivity contribution in [2.75, 3.05) is 30.4 Å². The summed E-state index contributed by atoms with van der Waals surface area (Å²) in [7, 11) is 1.66. The van der Waals surface area contributed by atoms with E-state index in [1.807, 2.05) is 48.5 Å². The molecule has 2 heterocycles. The summed E-state index contributed by atoms with van der Waals surface area (Å²) in [5.41, 5.74) is 4.00. The predicted molar refractivity (Wildman–Crippen MR) is 123 cm³/mol. The lowest BCUT2D eigenvalue weighted by atomic mass is 9.95. The van der Waals surface area contributed by atoms with Crippen LogP contribution in [-0.4, -0.2) is 36.1 Å². The second kappa shape index (κ2) is 9.60. The van der Waals surface area contributed by atoms with E-state index in [1.54, 1.807) is 13.4 Å². The first-order valence-corrected chi connectivity index (χ1v) is 10.8. The van der Waals surface area contributed by atoms with Crippen LogP contribution < -0.4 is 15.0 Å². The van der Waals surface area contributed by atoms with Crippen molar-refractivity contribution in [3.05, 3.63) is 66.5 Å². The summed E-state index contributed by atoms with van der Waals surface area (Å²) in [6, 6.07) is 17.9. The Hall–Kier alpha value is -3.41. The fourth-order valence-electron chi connectivity index (χ4n) is 4.00. The van der Waals surface area contributed by atoms with Gasteiger partial charge in [-0.25, -0.2) is 9.97 Å². The maximum absolute atomic E-state index is 12.8. The van der Waals surface area contributed by atoms with Gasteiger partial charge in [-0.1, -0.05) is 25.1 Å². The molecule has 0 saturated carbocycles. The number of aryl methyl sites for hydroxylation is 1. The van der Waals surface area contributed by atoms with Gasteiger partial charge in [-0.15, -0.1) is 0 Å². The van der Waals surface area contributed by atoms with E-state index in [2.05, 4.69) is 33.2 Å². The standard InChI is InChI=1S/C25H28N4O2/c1-3-18-6-4-5-7-22(18)28-25(30)20-12-14-29(15-13-20)24-16-23(26-17-27-24)19-8-10-21(31-2)11-9-19/h4-11,16-17,20H,3,12-15H2,1-2H3,(H,28,30). The van der Waals surface area contributed by atoms with Gasteiger partial charge in [0, 0.05) is 36.3 Å². The van der Waals surface area contributed by atoms with Crippen LogP contribution >= 0.6 is 0 Å². The van der Waals surface area contributed by atoms with Gasteiger partial charge in [-0.3, -0.25) is 4.79 Å². The zero-order valence-electron chi connectivity index (χ0n) is 18.0. The number of anilines is 2. The average Bonchev–Trinajstić information content (AvgIpc) is 2.84. The van der Waals surface area contributed by atoms with Gasteiger partial charge in [0.05, 0.1) is 12.8 Å². The second-order valence-corrected chi connectivity index (χ2v) is 7.75. The molecule has 0 spiro atoms. The van der Waals surface area contributed by atoms with Crippen molar-refractivity contribution in [3.8, 4) is 17.0 Å². The minimum absolute atomic E-state index is 0.0176. The fourth-order valence-corrected chi connectivity index (χ4v) is 4.00. The topological polar surface area (TPSA) is 67.4 Å². The first kappa shape index (κ1) is 20.8. The maximum Gasteiger partial charge on any atom is 0.227 e. The molecule has 1 fully saturated rings. The zero-order valence-corrected chi connectivity index (χ0v) is 18.0. The van der Waals surface area contributed by atoms with Crippen molar-refractivity contribution < 1.29 is 9.53 Å². The average molecular weight is 417 g/mol. The number of ether oxygens (including phenoxy) is 1. The molecule has 1 aromatic heterocycles. The molecule has 3 aromatic rings. The van der Waals surface area contributed by atoms with Crippen LogP contribution in [0.25, 0.3) is 11.3 Å². The number of piperidine rings is 1. The van der Waals surface area contributed by atoms with Crippen molar-refractivity contribution in [1.82, 2.24) is 9.97 Å². The predicted octanol–water partition coefficient (Wildman–Crippen LogP) is 4.57. The fraction of sp³-hybridized carbons (Fsp3) is 0.320. The van der Waals surface area contributed by atoms with Crippen LogP contribution in [0.1, 0.15) is 25.3 Å². The third-order valence-corrected chi connectivity index (χ3v) is 5.88. The van der Waals surface area contributed by atoms with E-state index >= 15 is 0 Å². The van der Waals surface area contributed by atoms with Crippen LogP contribution in [0.15, 0.2) is 60.9 Å². The molecule has 31 heavy (non-hydrogen) atoms. The van der Waals surface area contributed by atoms with Crippen molar-refractivity contribution in [2.45, 2.75) is 26.2 Å². The Morgan fingerprint density at radius 3 is 2.55 bits per heavy atom. The Balaban J connectivity index is 1.39. The smallest absolute Gasteiger partial charge is 0.227 e. The van der Waals surface area contributed by atoms with Gasteiger partial charge in [-0.2, -0.15) is 0 Å². The van der Waals surface area contributed by atoms with Crippen molar-refractivity contribution in [1.29, 1.82) is 0 Å². The normalized spacial score (nSPS) is 14.3. The number of nitrogens with one attached hydrogen (secondary N) is 1. The lowest BCUT2D eigenvalue weighted by Crippen LogP contribution is -2.38. The summed E-state index contributed by atoms with van der Waals surface area (Å²) in [5.74, 6) is 1.85. The monoisotopic (exact) mass is 416 g/mol. The Kier molecular flexibility index (Phi) is 6.46. The van der Waals surface area contributed by atoms with E-state index in [9.17, 15) is 4.79 Å². The van der Waals surface area contributed by atoms with Crippen molar-refractivity contribution in [2.24, 2.45) is 5.92 Å². The molecule has 6 heteroatoms. The molecule has 4 rings (SSSR count). The van der Waals surface area contributed by atoms with Crippen LogP contribution in [-0.2, 0) is 11.2 Å². The molecular formula is C25H28N4O2. The summed E-state index contributed by atoms with van der Waals surface area (Å²) in [6.45, 7) is 3.70. The molecule has 160 valence electrons.